The third-order valence-electron chi connectivity index (χ3n) is 3.36. The number of aromatic nitrogens is 1. The van der Waals surface area contributed by atoms with Crippen molar-refractivity contribution in [3.63, 3.8) is 0 Å². The van der Waals surface area contributed by atoms with Crippen LogP contribution in [0, 0.1) is 0 Å². The Morgan fingerprint density at radius 2 is 2.35 bits per heavy atom. The monoisotopic (exact) mass is 253 g/mol. The topological polar surface area (TPSA) is 42.2 Å². The van der Waals surface area contributed by atoms with E-state index >= 15 is 0 Å². The highest BCUT2D eigenvalue weighted by atomic mass is 35.5. The number of hydrogen-bond acceptors (Lipinski definition) is 3. The van der Waals surface area contributed by atoms with Crippen LogP contribution < -0.4 is 10.6 Å². The van der Waals surface area contributed by atoms with Gasteiger partial charge in [0.05, 0.1) is 16.9 Å². The quantitative estimate of drug-likeness (QED) is 0.897. The number of nitrogens with zero attached hydrogens (tertiary/aromatic N) is 2. The average Bonchev–Trinajstić information content (AvgIpc) is 2.31. The Kier molecular flexibility index (Phi) is 4.11. The lowest BCUT2D eigenvalue weighted by Crippen LogP contribution is -2.40. The van der Waals surface area contributed by atoms with E-state index in [4.69, 9.17) is 17.3 Å². The molecule has 1 aliphatic rings. The van der Waals surface area contributed by atoms with Gasteiger partial charge in [-0.05, 0) is 31.7 Å². The highest BCUT2D eigenvalue weighted by molar-refractivity contribution is 6.33. The molecule has 1 atom stereocenters. The van der Waals surface area contributed by atoms with Crippen LogP contribution in [-0.4, -0.2) is 17.6 Å². The molecule has 3 nitrogen and oxygen atoms in total. The summed E-state index contributed by atoms with van der Waals surface area (Å²) in [5.41, 5.74) is 6.31. The summed E-state index contributed by atoms with van der Waals surface area (Å²) in [6, 6.07) is 2.38. The van der Waals surface area contributed by atoms with Crippen molar-refractivity contribution in [3.05, 3.63) is 17.3 Å². The molecule has 1 fully saturated rings. The molecular weight excluding hydrogens is 234 g/mol. The van der Waals surface area contributed by atoms with Gasteiger partial charge in [0.25, 0.3) is 0 Å². The standard InChI is InChI=1S/C13H20ClN3/c1-2-5-11-6-3-4-7-17(11)13-12(14)8-10(15)9-16-13/h8-9,11H,2-7,15H2,1H3. The van der Waals surface area contributed by atoms with Crippen molar-refractivity contribution < 1.29 is 0 Å². The van der Waals surface area contributed by atoms with Gasteiger partial charge in [-0.3, -0.25) is 0 Å². The summed E-state index contributed by atoms with van der Waals surface area (Å²) in [4.78, 5) is 6.76. The fraction of sp³-hybridized carbons (Fsp3) is 0.615. The molecule has 4 heteroatoms. The number of nitrogen functional groups attached to an aromatic ring is 1. The van der Waals surface area contributed by atoms with Gasteiger partial charge in [-0.1, -0.05) is 24.9 Å². The molecule has 1 aromatic heterocycles. The molecule has 0 saturated carbocycles. The van der Waals surface area contributed by atoms with E-state index in [9.17, 15) is 0 Å². The van der Waals surface area contributed by atoms with E-state index in [2.05, 4.69) is 16.8 Å². The van der Waals surface area contributed by atoms with Gasteiger partial charge in [0.1, 0.15) is 5.82 Å². The fourth-order valence-corrected chi connectivity index (χ4v) is 2.85. The zero-order chi connectivity index (χ0) is 12.3. The van der Waals surface area contributed by atoms with E-state index in [1.54, 1.807) is 12.3 Å². The first-order chi connectivity index (χ1) is 8.22. The van der Waals surface area contributed by atoms with Crippen LogP contribution >= 0.6 is 11.6 Å². The Bertz CT molecular complexity index is 379. The molecule has 94 valence electrons. The molecular formula is C13H20ClN3. The first-order valence-corrected chi connectivity index (χ1v) is 6.78. The van der Waals surface area contributed by atoms with Gasteiger partial charge >= 0.3 is 0 Å². The van der Waals surface area contributed by atoms with Crippen molar-refractivity contribution >= 4 is 23.1 Å². The fourth-order valence-electron chi connectivity index (χ4n) is 2.57. The second kappa shape index (κ2) is 5.58. The second-order valence-electron chi connectivity index (χ2n) is 4.71. The Hall–Kier alpha value is -0.960. The van der Waals surface area contributed by atoms with Gasteiger partial charge in [-0.2, -0.15) is 0 Å². The molecule has 0 aromatic carbocycles. The third-order valence-corrected chi connectivity index (χ3v) is 3.64. The van der Waals surface area contributed by atoms with Crippen LogP contribution in [-0.2, 0) is 0 Å². The van der Waals surface area contributed by atoms with Gasteiger partial charge in [-0.25, -0.2) is 4.98 Å². The van der Waals surface area contributed by atoms with Crippen LogP contribution in [0.5, 0.6) is 0 Å². The lowest BCUT2D eigenvalue weighted by Gasteiger charge is -2.37. The van der Waals surface area contributed by atoms with E-state index < -0.39 is 0 Å². The Morgan fingerprint density at radius 1 is 1.53 bits per heavy atom. The maximum absolute atomic E-state index is 6.24. The van der Waals surface area contributed by atoms with E-state index in [0.717, 1.165) is 12.4 Å². The normalized spacial score (nSPS) is 20.6. The summed E-state index contributed by atoms with van der Waals surface area (Å²) in [6.07, 6.45) is 7.89. The summed E-state index contributed by atoms with van der Waals surface area (Å²) in [5.74, 6) is 0.902. The van der Waals surface area contributed by atoms with E-state index in [-0.39, 0.29) is 0 Å². The number of piperidine rings is 1. The van der Waals surface area contributed by atoms with Crippen molar-refractivity contribution in [2.75, 3.05) is 17.2 Å². The molecule has 0 amide bonds. The maximum Gasteiger partial charge on any atom is 0.147 e. The van der Waals surface area contributed by atoms with Gasteiger partial charge < -0.3 is 10.6 Å². The van der Waals surface area contributed by atoms with Crippen LogP contribution in [0.25, 0.3) is 0 Å². The minimum absolute atomic E-state index is 0.586. The molecule has 17 heavy (non-hydrogen) atoms. The second-order valence-corrected chi connectivity index (χ2v) is 5.11. The predicted octanol–water partition coefficient (Wildman–Crippen LogP) is 3.48. The molecule has 1 unspecified atom stereocenters. The van der Waals surface area contributed by atoms with Crippen LogP contribution in [0.4, 0.5) is 11.5 Å². The van der Waals surface area contributed by atoms with Crippen LogP contribution in [0.3, 0.4) is 0 Å². The molecule has 0 radical (unpaired) electrons. The summed E-state index contributed by atoms with van der Waals surface area (Å²) in [7, 11) is 0. The van der Waals surface area contributed by atoms with Crippen LogP contribution in [0.2, 0.25) is 5.02 Å². The molecule has 1 aliphatic heterocycles. The number of pyridine rings is 1. The number of hydrogen-bond donors (Lipinski definition) is 1. The van der Waals surface area contributed by atoms with Gasteiger partial charge in [0, 0.05) is 12.6 Å². The number of rotatable bonds is 3. The summed E-state index contributed by atoms with van der Waals surface area (Å²) < 4.78 is 0. The zero-order valence-corrected chi connectivity index (χ0v) is 11.1. The largest absolute Gasteiger partial charge is 0.397 e. The lowest BCUT2D eigenvalue weighted by molar-refractivity contribution is 0.432. The summed E-state index contributed by atoms with van der Waals surface area (Å²) in [5, 5.41) is 0.674. The van der Waals surface area contributed by atoms with Gasteiger partial charge in [-0.15, -0.1) is 0 Å². The zero-order valence-electron chi connectivity index (χ0n) is 10.3. The Morgan fingerprint density at radius 3 is 3.06 bits per heavy atom. The summed E-state index contributed by atoms with van der Waals surface area (Å²) >= 11 is 6.24. The molecule has 0 bridgehead atoms. The van der Waals surface area contributed by atoms with E-state index in [1.165, 1.54) is 32.1 Å². The highest BCUT2D eigenvalue weighted by Gasteiger charge is 2.24. The van der Waals surface area contributed by atoms with E-state index in [0.29, 0.717) is 16.8 Å². The average molecular weight is 254 g/mol. The van der Waals surface area contributed by atoms with Gasteiger partial charge in [0.2, 0.25) is 0 Å². The number of halogens is 1. The minimum atomic E-state index is 0.586. The van der Waals surface area contributed by atoms with Crippen molar-refractivity contribution in [2.45, 2.75) is 45.1 Å². The van der Waals surface area contributed by atoms with Crippen LogP contribution in [0.1, 0.15) is 39.0 Å². The smallest absolute Gasteiger partial charge is 0.147 e. The Labute approximate surface area is 108 Å². The molecule has 2 rings (SSSR count). The minimum Gasteiger partial charge on any atom is -0.397 e. The number of anilines is 2. The van der Waals surface area contributed by atoms with Crippen molar-refractivity contribution in [1.29, 1.82) is 0 Å². The summed E-state index contributed by atoms with van der Waals surface area (Å²) in [6.45, 7) is 3.28. The first kappa shape index (κ1) is 12.5. The van der Waals surface area contributed by atoms with E-state index in [1.807, 2.05) is 0 Å². The van der Waals surface area contributed by atoms with Crippen molar-refractivity contribution in [2.24, 2.45) is 0 Å². The SMILES string of the molecule is CCCC1CCCCN1c1ncc(N)cc1Cl. The Balaban J connectivity index is 2.23. The van der Waals surface area contributed by atoms with Gasteiger partial charge in [0.15, 0.2) is 0 Å². The predicted molar refractivity (Wildman–Crippen MR) is 73.6 cm³/mol. The maximum atomic E-state index is 6.24. The van der Waals surface area contributed by atoms with Crippen molar-refractivity contribution in [1.82, 2.24) is 4.98 Å². The highest BCUT2D eigenvalue weighted by Crippen LogP contribution is 2.31. The van der Waals surface area contributed by atoms with Crippen molar-refractivity contribution in [3.8, 4) is 0 Å². The van der Waals surface area contributed by atoms with Crippen LogP contribution in [0.15, 0.2) is 12.3 Å². The molecule has 0 spiro atoms. The molecule has 2 heterocycles. The molecule has 0 aliphatic carbocycles. The lowest BCUT2D eigenvalue weighted by atomic mass is 9.98. The first-order valence-electron chi connectivity index (χ1n) is 6.40. The third kappa shape index (κ3) is 2.83. The molecule has 1 saturated heterocycles. The molecule has 2 N–H and O–H groups in total. The molecule has 1 aromatic rings. The number of nitrogens with two attached hydrogens (primary N) is 1.